The molecule has 0 N–H and O–H groups in total. The van der Waals surface area contributed by atoms with Gasteiger partial charge in [0.1, 0.15) is 12.1 Å². The maximum absolute atomic E-state index is 13.2. The van der Waals surface area contributed by atoms with E-state index in [9.17, 15) is 9.18 Å². The monoisotopic (exact) mass is 225 g/mol. The zero-order valence-corrected chi connectivity index (χ0v) is 9.57. The molecule has 0 spiro atoms. The van der Waals surface area contributed by atoms with Crippen molar-refractivity contribution in [3.8, 4) is 0 Å². The van der Waals surface area contributed by atoms with E-state index in [4.69, 9.17) is 4.74 Å². The molecule has 1 aromatic carbocycles. The number of benzene rings is 1. The molecule has 0 aliphatic carbocycles. The van der Waals surface area contributed by atoms with Gasteiger partial charge in [-0.05, 0) is 24.6 Å². The Balaban J connectivity index is 2.70. The summed E-state index contributed by atoms with van der Waals surface area (Å²) < 4.78 is 18.1. The number of rotatable bonds is 6. The van der Waals surface area contributed by atoms with E-state index >= 15 is 0 Å². The molecule has 0 radical (unpaired) electrons. The van der Waals surface area contributed by atoms with Gasteiger partial charge in [-0.15, -0.1) is 0 Å². The fraction of sp³-hybridized carbons (Fsp3) is 0.417. The number of halogens is 1. The summed E-state index contributed by atoms with van der Waals surface area (Å²) in [5.41, 5.74) is 1.06. The van der Waals surface area contributed by atoms with Crippen LogP contribution in [0.2, 0.25) is 0 Å². The van der Waals surface area contributed by atoms with E-state index in [2.05, 4.69) is 0 Å². The summed E-state index contributed by atoms with van der Waals surface area (Å²) in [6.07, 6.45) is 1.51. The van der Waals surface area contributed by atoms with E-state index in [1.165, 1.54) is 12.1 Å². The van der Waals surface area contributed by atoms with E-state index in [-0.39, 0.29) is 0 Å². The van der Waals surface area contributed by atoms with Crippen LogP contribution in [0, 0.1) is 5.82 Å². The lowest BCUT2D eigenvalue weighted by Gasteiger charge is -2.19. The van der Waals surface area contributed by atoms with Gasteiger partial charge in [-0.1, -0.05) is 0 Å². The molecule has 0 unspecified atom stereocenters. The van der Waals surface area contributed by atoms with Gasteiger partial charge in [-0.2, -0.15) is 0 Å². The molecule has 16 heavy (non-hydrogen) atoms. The number of carbonyl (C=O) groups excluding carboxylic acids is 1. The van der Waals surface area contributed by atoms with Crippen molar-refractivity contribution < 1.29 is 13.9 Å². The lowest BCUT2D eigenvalue weighted by atomic mass is 10.2. The van der Waals surface area contributed by atoms with Crippen molar-refractivity contribution in [3.05, 3.63) is 29.6 Å². The van der Waals surface area contributed by atoms with Gasteiger partial charge in [-0.3, -0.25) is 4.79 Å². The first-order chi connectivity index (χ1) is 7.67. The molecule has 0 aromatic heterocycles. The second-order valence-electron chi connectivity index (χ2n) is 3.63. The SMILES string of the molecule is COCCCN(C)c1cc(F)cc(C=O)c1. The molecule has 0 amide bonds. The maximum atomic E-state index is 13.2. The summed E-state index contributed by atoms with van der Waals surface area (Å²) in [5, 5.41) is 0. The standard InChI is InChI=1S/C12H16FNO2/c1-14(4-3-5-16-2)12-7-10(9-15)6-11(13)8-12/h6-9H,3-5H2,1-2H3. The third-order valence-electron chi connectivity index (χ3n) is 2.32. The molecule has 0 aliphatic heterocycles. The Morgan fingerprint density at radius 3 is 2.81 bits per heavy atom. The summed E-state index contributed by atoms with van der Waals surface area (Å²) in [6.45, 7) is 1.43. The summed E-state index contributed by atoms with van der Waals surface area (Å²) in [7, 11) is 3.51. The van der Waals surface area contributed by atoms with Crippen molar-refractivity contribution in [3.63, 3.8) is 0 Å². The quantitative estimate of drug-likeness (QED) is 0.548. The van der Waals surface area contributed by atoms with Crippen molar-refractivity contribution in [2.24, 2.45) is 0 Å². The van der Waals surface area contributed by atoms with Crippen LogP contribution < -0.4 is 4.90 Å². The van der Waals surface area contributed by atoms with E-state index in [0.29, 0.717) is 24.1 Å². The Bertz CT molecular complexity index is 355. The van der Waals surface area contributed by atoms with Crippen LogP contribution in [-0.4, -0.2) is 33.6 Å². The molecule has 0 aliphatic rings. The van der Waals surface area contributed by atoms with Crippen molar-refractivity contribution in [2.75, 3.05) is 32.2 Å². The molecule has 0 atom stereocenters. The van der Waals surface area contributed by atoms with E-state index < -0.39 is 5.82 Å². The molecular formula is C12H16FNO2. The summed E-state index contributed by atoms with van der Waals surface area (Å²) >= 11 is 0. The van der Waals surface area contributed by atoms with Gasteiger partial charge in [0.05, 0.1) is 0 Å². The van der Waals surface area contributed by atoms with Crippen LogP contribution in [0.3, 0.4) is 0 Å². The van der Waals surface area contributed by atoms with Gasteiger partial charge in [-0.25, -0.2) is 4.39 Å². The highest BCUT2D eigenvalue weighted by Crippen LogP contribution is 2.16. The van der Waals surface area contributed by atoms with Crippen molar-refractivity contribution in [2.45, 2.75) is 6.42 Å². The largest absolute Gasteiger partial charge is 0.385 e. The fourth-order valence-electron chi connectivity index (χ4n) is 1.46. The minimum Gasteiger partial charge on any atom is -0.385 e. The first-order valence-electron chi connectivity index (χ1n) is 5.13. The molecule has 3 nitrogen and oxygen atoms in total. The van der Waals surface area contributed by atoms with Crippen LogP contribution in [-0.2, 0) is 4.74 Å². The fourth-order valence-corrected chi connectivity index (χ4v) is 1.46. The minimum absolute atomic E-state index is 0.355. The smallest absolute Gasteiger partial charge is 0.150 e. The van der Waals surface area contributed by atoms with Crippen LogP contribution in [0.4, 0.5) is 10.1 Å². The lowest BCUT2D eigenvalue weighted by Crippen LogP contribution is -2.20. The topological polar surface area (TPSA) is 29.5 Å². The Kier molecular flexibility index (Phi) is 4.92. The van der Waals surface area contributed by atoms with Gasteiger partial charge in [0.2, 0.25) is 0 Å². The minimum atomic E-state index is -0.391. The second-order valence-corrected chi connectivity index (χ2v) is 3.63. The summed E-state index contributed by atoms with van der Waals surface area (Å²) in [5.74, 6) is -0.391. The molecule has 0 saturated carbocycles. The number of nitrogens with zero attached hydrogens (tertiary/aromatic N) is 1. The zero-order valence-electron chi connectivity index (χ0n) is 9.57. The summed E-state index contributed by atoms with van der Waals surface area (Å²) in [4.78, 5) is 12.5. The first-order valence-corrected chi connectivity index (χ1v) is 5.13. The molecular weight excluding hydrogens is 209 g/mol. The number of anilines is 1. The number of carbonyl (C=O) groups is 1. The zero-order chi connectivity index (χ0) is 12.0. The van der Waals surface area contributed by atoms with Crippen LogP contribution in [0.25, 0.3) is 0 Å². The van der Waals surface area contributed by atoms with Gasteiger partial charge < -0.3 is 9.64 Å². The third kappa shape index (κ3) is 3.62. The predicted octanol–water partition coefficient (Wildman–Crippen LogP) is 2.11. The first kappa shape index (κ1) is 12.6. The molecule has 0 heterocycles. The number of methoxy groups -OCH3 is 1. The number of ether oxygens (including phenoxy) is 1. The van der Waals surface area contributed by atoms with Crippen molar-refractivity contribution in [1.82, 2.24) is 0 Å². The Morgan fingerprint density at radius 2 is 2.19 bits per heavy atom. The third-order valence-corrected chi connectivity index (χ3v) is 2.32. The number of hydrogen-bond acceptors (Lipinski definition) is 3. The van der Waals surface area contributed by atoms with Gasteiger partial charge in [0.15, 0.2) is 0 Å². The normalized spacial score (nSPS) is 10.2. The molecule has 0 bridgehead atoms. The molecule has 0 fully saturated rings. The highest BCUT2D eigenvalue weighted by atomic mass is 19.1. The Hall–Kier alpha value is -1.42. The highest BCUT2D eigenvalue weighted by Gasteiger charge is 2.04. The van der Waals surface area contributed by atoms with Crippen LogP contribution in [0.1, 0.15) is 16.8 Å². The van der Waals surface area contributed by atoms with Gasteiger partial charge >= 0.3 is 0 Å². The average Bonchev–Trinajstić information content (AvgIpc) is 2.28. The van der Waals surface area contributed by atoms with Gasteiger partial charge in [0.25, 0.3) is 0 Å². The van der Waals surface area contributed by atoms with E-state index in [1.54, 1.807) is 13.2 Å². The predicted molar refractivity (Wildman–Crippen MR) is 61.6 cm³/mol. The van der Waals surface area contributed by atoms with Crippen molar-refractivity contribution in [1.29, 1.82) is 0 Å². The molecule has 1 aromatic rings. The highest BCUT2D eigenvalue weighted by molar-refractivity contribution is 5.77. The van der Waals surface area contributed by atoms with Crippen molar-refractivity contribution >= 4 is 12.0 Å². The van der Waals surface area contributed by atoms with Gasteiger partial charge in [0, 0.05) is 38.6 Å². The number of hydrogen-bond donors (Lipinski definition) is 0. The number of aldehydes is 1. The van der Waals surface area contributed by atoms with Crippen LogP contribution in [0.15, 0.2) is 18.2 Å². The van der Waals surface area contributed by atoms with E-state index in [0.717, 1.165) is 13.0 Å². The average molecular weight is 225 g/mol. The molecule has 4 heteroatoms. The maximum Gasteiger partial charge on any atom is 0.150 e. The van der Waals surface area contributed by atoms with Crippen LogP contribution in [0.5, 0.6) is 0 Å². The molecule has 0 saturated heterocycles. The lowest BCUT2D eigenvalue weighted by molar-refractivity contribution is 0.112. The van der Waals surface area contributed by atoms with E-state index in [1.807, 2.05) is 11.9 Å². The molecule has 1 rings (SSSR count). The molecule has 88 valence electrons. The Morgan fingerprint density at radius 1 is 1.44 bits per heavy atom. The second kappa shape index (κ2) is 6.23. The van der Waals surface area contributed by atoms with Crippen LogP contribution >= 0.6 is 0 Å². The Labute approximate surface area is 94.8 Å². The summed E-state index contributed by atoms with van der Waals surface area (Å²) in [6, 6.07) is 4.31.